The van der Waals surface area contributed by atoms with E-state index in [0.29, 0.717) is 0 Å². The summed E-state index contributed by atoms with van der Waals surface area (Å²) in [4.78, 5) is 25.2. The van der Waals surface area contributed by atoms with Crippen LogP contribution in [0.4, 0.5) is 0 Å². The molecule has 0 aromatic heterocycles. The Bertz CT molecular complexity index is 87.2. The van der Waals surface area contributed by atoms with Crippen molar-refractivity contribution < 1.29 is 18.8 Å². The number of rotatable bonds is 2. The molecule has 0 aromatic rings. The quantitative estimate of drug-likeness (QED) is 0.482. The van der Waals surface area contributed by atoms with E-state index in [9.17, 15) is 0 Å². The maximum Gasteiger partial charge on any atom is 0.671 e. The van der Waals surface area contributed by atoms with E-state index in [1.54, 1.807) is 0 Å². The fraction of sp³-hybridized carbons (Fsp3) is 1.00. The van der Waals surface area contributed by atoms with Gasteiger partial charge in [0, 0.05) is 6.61 Å². The fourth-order valence-electron chi connectivity index (χ4n) is 0.313. The zero-order chi connectivity index (χ0) is 8.41. The molecule has 62 valence electrons. The maximum absolute atomic E-state index is 8.41. The van der Waals surface area contributed by atoms with Crippen LogP contribution in [0.2, 0.25) is 0 Å². The lowest BCUT2D eigenvalue weighted by atomic mass is 9.99. The third kappa shape index (κ3) is 8.06. The van der Waals surface area contributed by atoms with E-state index >= 15 is 0 Å². The van der Waals surface area contributed by atoms with Crippen molar-refractivity contribution in [3.8, 4) is 0 Å². The maximum atomic E-state index is 8.41. The molecular weight excluding hydrogens is 152 g/mol. The van der Waals surface area contributed by atoms with E-state index in [4.69, 9.17) is 14.4 Å². The first-order valence-electron chi connectivity index (χ1n) is 3.02. The van der Waals surface area contributed by atoms with Gasteiger partial charge in [0.2, 0.25) is 0 Å². The first-order chi connectivity index (χ1) is 4.21. The number of hydrogen-bond acceptors (Lipinski definition) is 4. The molecule has 0 unspecified atom stereocenters. The van der Waals surface area contributed by atoms with Crippen molar-refractivity contribution in [3.05, 3.63) is 0 Å². The predicted octanol–water partition coefficient (Wildman–Crippen LogP) is -0.538. The van der Waals surface area contributed by atoms with Gasteiger partial charge in [-0.25, -0.2) is 0 Å². The fourth-order valence-corrected chi connectivity index (χ4v) is 0.940. The molecule has 5 heteroatoms. The van der Waals surface area contributed by atoms with Crippen molar-refractivity contribution in [1.29, 1.82) is 0 Å². The average molecular weight is 166 g/mol. The van der Waals surface area contributed by atoms with Gasteiger partial charge in [-0.1, -0.05) is 20.8 Å². The number of hydrogen-bond donors (Lipinski definition) is 3. The zero-order valence-corrected chi connectivity index (χ0v) is 7.46. The van der Waals surface area contributed by atoms with E-state index in [1.807, 2.05) is 20.8 Å². The highest BCUT2D eigenvalue weighted by molar-refractivity contribution is 6.48. The molecule has 0 aliphatic rings. The molecule has 0 aromatic carbocycles. The Morgan fingerprint density at radius 1 is 1.20 bits per heavy atom. The van der Waals surface area contributed by atoms with Gasteiger partial charge in [-0.2, -0.15) is 0 Å². The van der Waals surface area contributed by atoms with Crippen LogP contribution in [0.15, 0.2) is 0 Å². The van der Waals surface area contributed by atoms with Crippen molar-refractivity contribution in [3.63, 3.8) is 0 Å². The van der Waals surface area contributed by atoms with E-state index in [1.165, 1.54) is 0 Å². The molecular formula is C5H14O4Si. The van der Waals surface area contributed by atoms with Crippen LogP contribution in [0, 0.1) is 5.41 Å². The standard InChI is InChI=1S/C5H14O4Si/c1-5(2,3)4-9-10(6,7)8/h6-8H,4H2,1-3H3. The summed E-state index contributed by atoms with van der Waals surface area (Å²) in [5.74, 6) is 0. The second-order valence-electron chi connectivity index (χ2n) is 3.42. The van der Waals surface area contributed by atoms with E-state index in [2.05, 4.69) is 4.43 Å². The Hall–Kier alpha value is 0.0569. The Balaban J connectivity index is 3.56. The summed E-state index contributed by atoms with van der Waals surface area (Å²) >= 11 is 0. The smallest absolute Gasteiger partial charge is 0.368 e. The summed E-state index contributed by atoms with van der Waals surface area (Å²) in [6.45, 7) is 5.75. The molecule has 0 atom stereocenters. The van der Waals surface area contributed by atoms with Crippen molar-refractivity contribution in [2.24, 2.45) is 5.41 Å². The van der Waals surface area contributed by atoms with Gasteiger partial charge in [-0.05, 0) is 5.41 Å². The molecule has 0 saturated heterocycles. The lowest BCUT2D eigenvalue weighted by Gasteiger charge is -2.20. The van der Waals surface area contributed by atoms with Crippen LogP contribution in [0.5, 0.6) is 0 Å². The highest BCUT2D eigenvalue weighted by Gasteiger charge is 2.32. The molecule has 0 amide bonds. The highest BCUT2D eigenvalue weighted by atomic mass is 28.4. The van der Waals surface area contributed by atoms with Crippen molar-refractivity contribution in [2.45, 2.75) is 20.8 Å². The normalized spacial score (nSPS) is 13.8. The molecule has 0 radical (unpaired) electrons. The first kappa shape index (κ1) is 10.1. The Morgan fingerprint density at radius 2 is 1.60 bits per heavy atom. The van der Waals surface area contributed by atoms with Gasteiger partial charge in [0.05, 0.1) is 0 Å². The zero-order valence-electron chi connectivity index (χ0n) is 6.46. The van der Waals surface area contributed by atoms with Gasteiger partial charge >= 0.3 is 9.05 Å². The summed E-state index contributed by atoms with van der Waals surface area (Å²) < 4.78 is 4.40. The summed E-state index contributed by atoms with van der Waals surface area (Å²) in [6, 6.07) is 0. The first-order valence-corrected chi connectivity index (χ1v) is 4.77. The summed E-state index contributed by atoms with van der Waals surface area (Å²) in [5, 5.41) is 0. The molecule has 0 saturated carbocycles. The van der Waals surface area contributed by atoms with E-state index < -0.39 is 9.05 Å². The van der Waals surface area contributed by atoms with Crippen molar-refractivity contribution in [2.75, 3.05) is 6.61 Å². The van der Waals surface area contributed by atoms with Crippen LogP contribution in [0.3, 0.4) is 0 Å². The second-order valence-corrected chi connectivity index (χ2v) is 4.86. The average Bonchev–Trinajstić information content (AvgIpc) is 1.57. The molecule has 0 fully saturated rings. The predicted molar refractivity (Wildman–Crippen MR) is 37.8 cm³/mol. The van der Waals surface area contributed by atoms with Crippen LogP contribution in [-0.2, 0) is 4.43 Å². The molecule has 0 spiro atoms. The minimum Gasteiger partial charge on any atom is -0.368 e. The minimum atomic E-state index is -4.27. The van der Waals surface area contributed by atoms with Crippen LogP contribution in [0.25, 0.3) is 0 Å². The third-order valence-electron chi connectivity index (χ3n) is 0.699. The SMILES string of the molecule is CC(C)(C)CO[Si](O)(O)O. The van der Waals surface area contributed by atoms with Gasteiger partial charge in [0.25, 0.3) is 0 Å². The molecule has 3 N–H and O–H groups in total. The Kier molecular flexibility index (Phi) is 2.99. The Labute approximate surface area is 61.6 Å². The van der Waals surface area contributed by atoms with Gasteiger partial charge in [-0.3, -0.25) is 0 Å². The summed E-state index contributed by atoms with van der Waals surface area (Å²) in [5.41, 5.74) is -0.160. The topological polar surface area (TPSA) is 69.9 Å². The molecule has 0 heterocycles. The van der Waals surface area contributed by atoms with Crippen LogP contribution < -0.4 is 0 Å². The van der Waals surface area contributed by atoms with E-state index in [0.717, 1.165) is 0 Å². The van der Waals surface area contributed by atoms with Gasteiger partial charge < -0.3 is 18.8 Å². The lowest BCUT2D eigenvalue weighted by molar-refractivity contribution is 0.0347. The van der Waals surface area contributed by atoms with Crippen LogP contribution >= 0.6 is 0 Å². The molecule has 4 nitrogen and oxygen atoms in total. The molecule has 0 rings (SSSR count). The Morgan fingerprint density at radius 3 is 1.70 bits per heavy atom. The second kappa shape index (κ2) is 2.98. The van der Waals surface area contributed by atoms with Gasteiger partial charge in [0.15, 0.2) is 0 Å². The third-order valence-corrected chi connectivity index (χ3v) is 1.23. The summed E-state index contributed by atoms with van der Waals surface area (Å²) in [7, 11) is -4.27. The highest BCUT2D eigenvalue weighted by Crippen LogP contribution is 2.13. The largest absolute Gasteiger partial charge is 0.671 e. The van der Waals surface area contributed by atoms with Gasteiger partial charge in [-0.15, -0.1) is 0 Å². The van der Waals surface area contributed by atoms with Gasteiger partial charge in [0.1, 0.15) is 0 Å². The summed E-state index contributed by atoms with van der Waals surface area (Å²) in [6.07, 6.45) is 0. The van der Waals surface area contributed by atoms with Crippen molar-refractivity contribution >= 4 is 9.05 Å². The van der Waals surface area contributed by atoms with Crippen molar-refractivity contribution in [1.82, 2.24) is 0 Å². The van der Waals surface area contributed by atoms with E-state index in [-0.39, 0.29) is 12.0 Å². The van der Waals surface area contributed by atoms with Crippen LogP contribution in [0.1, 0.15) is 20.8 Å². The molecule has 10 heavy (non-hydrogen) atoms. The lowest BCUT2D eigenvalue weighted by Crippen LogP contribution is -2.41. The molecule has 0 aliphatic heterocycles. The monoisotopic (exact) mass is 166 g/mol. The minimum absolute atomic E-state index is 0.142. The van der Waals surface area contributed by atoms with Crippen LogP contribution in [-0.4, -0.2) is 30.0 Å². The molecule has 0 aliphatic carbocycles. The molecule has 0 bridgehead atoms.